The molecule has 20 heavy (non-hydrogen) atoms. The number of nitrogens with zero attached hydrogens (tertiary/aromatic N) is 1. The van der Waals surface area contributed by atoms with Crippen molar-refractivity contribution in [1.82, 2.24) is 10.2 Å². The van der Waals surface area contributed by atoms with Crippen molar-refractivity contribution in [3.05, 3.63) is 35.4 Å². The van der Waals surface area contributed by atoms with E-state index in [1.807, 2.05) is 0 Å². The van der Waals surface area contributed by atoms with E-state index in [1.54, 1.807) is 5.56 Å². The van der Waals surface area contributed by atoms with E-state index >= 15 is 0 Å². The molecule has 0 saturated carbocycles. The van der Waals surface area contributed by atoms with Crippen LogP contribution < -0.4 is 5.32 Å². The molecule has 3 rings (SSSR count). The van der Waals surface area contributed by atoms with E-state index in [2.05, 4.69) is 55.3 Å². The fourth-order valence-electron chi connectivity index (χ4n) is 3.67. The van der Waals surface area contributed by atoms with Crippen LogP contribution in [0.15, 0.2) is 24.3 Å². The van der Waals surface area contributed by atoms with E-state index < -0.39 is 0 Å². The molecule has 2 aliphatic heterocycles. The molecule has 1 N–H and O–H groups in total. The first-order valence-electron chi connectivity index (χ1n) is 8.05. The van der Waals surface area contributed by atoms with Gasteiger partial charge in [-0.05, 0) is 41.8 Å². The molecule has 1 aromatic rings. The van der Waals surface area contributed by atoms with Gasteiger partial charge in [0.1, 0.15) is 0 Å². The van der Waals surface area contributed by atoms with Gasteiger partial charge in [0, 0.05) is 25.7 Å². The van der Waals surface area contributed by atoms with E-state index in [-0.39, 0.29) is 0 Å². The summed E-state index contributed by atoms with van der Waals surface area (Å²) in [6.45, 7) is 12.0. The van der Waals surface area contributed by atoms with Crippen LogP contribution in [0, 0.1) is 11.3 Å². The zero-order valence-corrected chi connectivity index (χ0v) is 13.2. The van der Waals surface area contributed by atoms with Crippen LogP contribution >= 0.6 is 0 Å². The van der Waals surface area contributed by atoms with Gasteiger partial charge in [0.05, 0.1) is 0 Å². The summed E-state index contributed by atoms with van der Waals surface area (Å²) in [5.41, 5.74) is 3.49. The van der Waals surface area contributed by atoms with Crippen LogP contribution in [0.25, 0.3) is 0 Å². The van der Waals surface area contributed by atoms with Crippen LogP contribution in [0.1, 0.15) is 38.3 Å². The Labute approximate surface area is 123 Å². The number of nitrogens with one attached hydrogen (secondary N) is 1. The van der Waals surface area contributed by atoms with E-state index in [4.69, 9.17) is 0 Å². The summed E-state index contributed by atoms with van der Waals surface area (Å²) in [6.07, 6.45) is 2.56. The van der Waals surface area contributed by atoms with Crippen molar-refractivity contribution in [2.24, 2.45) is 11.3 Å². The van der Waals surface area contributed by atoms with Gasteiger partial charge in [-0.2, -0.15) is 0 Å². The Morgan fingerprint density at radius 1 is 1.20 bits per heavy atom. The minimum atomic E-state index is 0.460. The van der Waals surface area contributed by atoms with Gasteiger partial charge < -0.3 is 10.2 Å². The third-order valence-corrected chi connectivity index (χ3v) is 5.14. The lowest BCUT2D eigenvalue weighted by Crippen LogP contribution is -2.44. The molecule has 2 heteroatoms. The molecule has 1 fully saturated rings. The molecule has 0 radical (unpaired) electrons. The molecule has 0 aliphatic carbocycles. The molecule has 0 amide bonds. The summed E-state index contributed by atoms with van der Waals surface area (Å²) >= 11 is 0. The summed E-state index contributed by atoms with van der Waals surface area (Å²) in [6, 6.07) is 9.50. The van der Waals surface area contributed by atoms with E-state index in [0.29, 0.717) is 11.5 Å². The zero-order valence-electron chi connectivity index (χ0n) is 13.2. The smallest absolute Gasteiger partial charge is 0.0238 e. The van der Waals surface area contributed by atoms with Crippen molar-refractivity contribution >= 4 is 0 Å². The van der Waals surface area contributed by atoms with Crippen molar-refractivity contribution in [3.8, 4) is 0 Å². The summed E-state index contributed by atoms with van der Waals surface area (Å²) in [5, 5.41) is 3.71. The molecule has 2 heterocycles. The molecule has 0 spiro atoms. The third-order valence-electron chi connectivity index (χ3n) is 5.14. The zero-order chi connectivity index (χ0) is 14.2. The van der Waals surface area contributed by atoms with Crippen molar-refractivity contribution in [3.63, 3.8) is 0 Å². The second-order valence-electron chi connectivity index (χ2n) is 7.66. The molecule has 2 aliphatic rings. The highest BCUT2D eigenvalue weighted by Crippen LogP contribution is 2.33. The standard InChI is InChI=1S/C18H28N2/c1-18(2,3)16-8-9-20(12-16)13-17-10-14-6-4-5-7-15(14)11-19-17/h4-7,16-17,19H,8-13H2,1-3H3. The van der Waals surface area contributed by atoms with Crippen molar-refractivity contribution in [2.45, 2.75) is 46.2 Å². The maximum atomic E-state index is 3.71. The predicted molar refractivity (Wildman–Crippen MR) is 84.8 cm³/mol. The van der Waals surface area contributed by atoms with Gasteiger partial charge in [0.2, 0.25) is 0 Å². The minimum Gasteiger partial charge on any atom is -0.308 e. The highest BCUT2D eigenvalue weighted by Gasteiger charge is 2.32. The molecular weight excluding hydrogens is 244 g/mol. The molecular formula is C18H28N2. The Bertz CT molecular complexity index is 461. The van der Waals surface area contributed by atoms with Crippen molar-refractivity contribution in [2.75, 3.05) is 19.6 Å². The first-order valence-corrected chi connectivity index (χ1v) is 8.05. The molecule has 110 valence electrons. The summed E-state index contributed by atoms with van der Waals surface area (Å²) in [4.78, 5) is 2.67. The van der Waals surface area contributed by atoms with E-state index in [9.17, 15) is 0 Å². The number of hydrogen-bond donors (Lipinski definition) is 1. The largest absolute Gasteiger partial charge is 0.308 e. The molecule has 1 aromatic carbocycles. The number of fused-ring (bicyclic) bond motifs is 1. The fraction of sp³-hybridized carbons (Fsp3) is 0.667. The Balaban J connectivity index is 1.56. The fourth-order valence-corrected chi connectivity index (χ4v) is 3.67. The van der Waals surface area contributed by atoms with Crippen LogP contribution in [0.5, 0.6) is 0 Å². The first-order chi connectivity index (χ1) is 9.52. The third kappa shape index (κ3) is 3.07. The predicted octanol–water partition coefficient (Wildman–Crippen LogP) is 3.07. The Morgan fingerprint density at radius 2 is 1.95 bits per heavy atom. The van der Waals surface area contributed by atoms with Crippen LogP contribution in [0.2, 0.25) is 0 Å². The second-order valence-corrected chi connectivity index (χ2v) is 7.66. The van der Waals surface area contributed by atoms with Gasteiger partial charge >= 0.3 is 0 Å². The van der Waals surface area contributed by atoms with Crippen molar-refractivity contribution in [1.29, 1.82) is 0 Å². The molecule has 2 nitrogen and oxygen atoms in total. The summed E-state index contributed by atoms with van der Waals surface area (Å²) in [5.74, 6) is 0.860. The Morgan fingerprint density at radius 3 is 2.65 bits per heavy atom. The second kappa shape index (κ2) is 5.50. The SMILES string of the molecule is CC(C)(C)C1CCN(CC2Cc3ccccc3CN2)C1. The van der Waals surface area contributed by atoms with Gasteiger partial charge in [0.25, 0.3) is 0 Å². The quantitative estimate of drug-likeness (QED) is 0.890. The van der Waals surface area contributed by atoms with Crippen molar-refractivity contribution < 1.29 is 0 Å². The van der Waals surface area contributed by atoms with Crippen LogP contribution in [0.3, 0.4) is 0 Å². The average molecular weight is 272 g/mol. The lowest BCUT2D eigenvalue weighted by molar-refractivity contribution is 0.217. The number of hydrogen-bond acceptors (Lipinski definition) is 2. The van der Waals surface area contributed by atoms with Gasteiger partial charge in [-0.1, -0.05) is 45.0 Å². The molecule has 0 aromatic heterocycles. The highest BCUT2D eigenvalue weighted by atomic mass is 15.2. The van der Waals surface area contributed by atoms with E-state index in [0.717, 1.165) is 12.5 Å². The Hall–Kier alpha value is -0.860. The molecule has 0 bridgehead atoms. The van der Waals surface area contributed by atoms with Gasteiger partial charge in [0.15, 0.2) is 0 Å². The Kier molecular flexibility index (Phi) is 3.87. The average Bonchev–Trinajstić information content (AvgIpc) is 2.87. The molecule has 2 atom stereocenters. The number of likely N-dealkylation sites (tertiary alicyclic amines) is 1. The maximum Gasteiger partial charge on any atom is 0.0238 e. The molecule has 2 unspecified atom stereocenters. The lowest BCUT2D eigenvalue weighted by atomic mass is 9.80. The first kappa shape index (κ1) is 14.1. The van der Waals surface area contributed by atoms with Crippen LogP contribution in [0.4, 0.5) is 0 Å². The van der Waals surface area contributed by atoms with Gasteiger partial charge in [-0.3, -0.25) is 0 Å². The minimum absolute atomic E-state index is 0.460. The summed E-state index contributed by atoms with van der Waals surface area (Å²) < 4.78 is 0. The number of benzene rings is 1. The monoisotopic (exact) mass is 272 g/mol. The highest BCUT2D eigenvalue weighted by molar-refractivity contribution is 5.29. The summed E-state index contributed by atoms with van der Waals surface area (Å²) in [7, 11) is 0. The topological polar surface area (TPSA) is 15.3 Å². The lowest BCUT2D eigenvalue weighted by Gasteiger charge is -2.31. The van der Waals surface area contributed by atoms with Crippen LogP contribution in [-0.4, -0.2) is 30.6 Å². The number of rotatable bonds is 2. The maximum absolute atomic E-state index is 3.71. The van der Waals surface area contributed by atoms with Gasteiger partial charge in [-0.15, -0.1) is 0 Å². The van der Waals surface area contributed by atoms with E-state index in [1.165, 1.54) is 38.0 Å². The van der Waals surface area contributed by atoms with Crippen LogP contribution in [-0.2, 0) is 13.0 Å². The normalized spacial score (nSPS) is 27.6. The van der Waals surface area contributed by atoms with Gasteiger partial charge in [-0.25, -0.2) is 0 Å². The molecule has 1 saturated heterocycles.